The number of rotatable bonds is 4. The number of fused-ring (bicyclic) bond motifs is 5. The van der Waals surface area contributed by atoms with Gasteiger partial charge in [0.05, 0.1) is 11.4 Å². The molecule has 6 aromatic carbocycles. The van der Waals surface area contributed by atoms with Crippen LogP contribution in [0.3, 0.4) is 0 Å². The zero-order chi connectivity index (χ0) is 30.1. The predicted octanol–water partition coefficient (Wildman–Crippen LogP) is 11.6. The minimum Gasteiger partial charge on any atom is -0.310 e. The van der Waals surface area contributed by atoms with Gasteiger partial charge < -0.3 is 9.80 Å². The van der Waals surface area contributed by atoms with Crippen molar-refractivity contribution in [2.75, 3.05) is 9.80 Å². The molecule has 2 heteroatoms. The van der Waals surface area contributed by atoms with Crippen LogP contribution in [0.5, 0.6) is 0 Å². The first-order chi connectivity index (χ1) is 21.4. The van der Waals surface area contributed by atoms with Gasteiger partial charge in [0, 0.05) is 33.6 Å². The van der Waals surface area contributed by atoms with Crippen molar-refractivity contribution in [2.24, 2.45) is 0 Å². The zero-order valence-electron chi connectivity index (χ0n) is 25.8. The van der Waals surface area contributed by atoms with Crippen LogP contribution in [0.2, 0.25) is 0 Å². The molecule has 6 aromatic rings. The number of hydrogen-bond acceptors (Lipinski definition) is 2. The maximum Gasteiger partial charge on any atom is 0.0523 e. The van der Waals surface area contributed by atoms with Crippen LogP contribution >= 0.6 is 0 Å². The van der Waals surface area contributed by atoms with Gasteiger partial charge in [-0.3, -0.25) is 0 Å². The van der Waals surface area contributed by atoms with E-state index in [1.54, 1.807) is 0 Å². The molecular weight excluding hydrogens is 532 g/mol. The highest BCUT2D eigenvalue weighted by Crippen LogP contribution is 2.54. The molecule has 1 aliphatic carbocycles. The van der Waals surface area contributed by atoms with Gasteiger partial charge in [-0.2, -0.15) is 0 Å². The van der Waals surface area contributed by atoms with Gasteiger partial charge in [0.2, 0.25) is 0 Å². The second-order valence-corrected chi connectivity index (χ2v) is 13.1. The quantitative estimate of drug-likeness (QED) is 0.209. The standard InChI is InChI=1S/C42H36N2/c1-41(2)35-20-12-11-19-33(35)34-25-23-31(27-38(34)41)43(29-15-7-5-8-16-29)32-24-26-37-40(28-32)44(30-17-9-6-10-18-30)39-22-14-13-21-36(39)42(37,3)4/h5-28H,1-4H3. The Morgan fingerprint density at radius 2 is 0.955 bits per heavy atom. The fourth-order valence-electron chi connectivity index (χ4n) is 7.56. The van der Waals surface area contributed by atoms with Crippen molar-refractivity contribution in [2.45, 2.75) is 38.5 Å². The molecule has 0 aromatic heterocycles. The van der Waals surface area contributed by atoms with Crippen LogP contribution in [0.1, 0.15) is 49.9 Å². The third-order valence-corrected chi connectivity index (χ3v) is 9.83. The van der Waals surface area contributed by atoms with E-state index in [2.05, 4.69) is 183 Å². The fourth-order valence-corrected chi connectivity index (χ4v) is 7.56. The van der Waals surface area contributed by atoms with Gasteiger partial charge in [0.15, 0.2) is 0 Å². The van der Waals surface area contributed by atoms with Crippen LogP contribution in [-0.2, 0) is 10.8 Å². The van der Waals surface area contributed by atoms with Gasteiger partial charge in [-0.05, 0) is 88.0 Å². The molecule has 0 atom stereocenters. The average Bonchev–Trinajstić information content (AvgIpc) is 3.28. The predicted molar refractivity (Wildman–Crippen MR) is 185 cm³/mol. The number of nitrogens with zero attached hydrogens (tertiary/aromatic N) is 2. The molecule has 8 rings (SSSR count). The maximum absolute atomic E-state index is 2.44. The second kappa shape index (κ2) is 9.72. The van der Waals surface area contributed by atoms with Gasteiger partial charge in [0.1, 0.15) is 0 Å². The molecule has 0 saturated heterocycles. The zero-order valence-corrected chi connectivity index (χ0v) is 25.8. The van der Waals surface area contributed by atoms with Gasteiger partial charge >= 0.3 is 0 Å². The van der Waals surface area contributed by atoms with E-state index in [-0.39, 0.29) is 10.8 Å². The highest BCUT2D eigenvalue weighted by molar-refractivity contribution is 5.90. The second-order valence-electron chi connectivity index (χ2n) is 13.1. The SMILES string of the molecule is CC1(C)c2ccccc2-c2ccc(N(c3ccccc3)c3ccc4c(c3)N(c3ccccc3)c3ccccc3C4(C)C)cc21. The Hall–Kier alpha value is -5.08. The Morgan fingerprint density at radius 1 is 0.409 bits per heavy atom. The van der Waals surface area contributed by atoms with E-state index >= 15 is 0 Å². The molecule has 0 amide bonds. The Labute approximate surface area is 260 Å². The summed E-state index contributed by atoms with van der Waals surface area (Å²) in [5.41, 5.74) is 14.9. The van der Waals surface area contributed by atoms with E-state index in [1.807, 2.05) is 0 Å². The smallest absolute Gasteiger partial charge is 0.0523 e. The minimum absolute atomic E-state index is 0.0714. The Kier molecular flexibility index (Phi) is 5.86. The van der Waals surface area contributed by atoms with Crippen LogP contribution in [0.4, 0.5) is 34.1 Å². The summed E-state index contributed by atoms with van der Waals surface area (Å²) in [4.78, 5) is 4.85. The molecule has 0 radical (unpaired) electrons. The highest BCUT2D eigenvalue weighted by Gasteiger charge is 2.38. The fraction of sp³-hybridized carbons (Fsp3) is 0.143. The van der Waals surface area contributed by atoms with Crippen LogP contribution in [-0.4, -0.2) is 0 Å². The van der Waals surface area contributed by atoms with E-state index in [0.29, 0.717) is 0 Å². The van der Waals surface area contributed by atoms with Gasteiger partial charge in [-0.25, -0.2) is 0 Å². The molecule has 2 nitrogen and oxygen atoms in total. The highest BCUT2D eigenvalue weighted by atomic mass is 15.2. The summed E-state index contributed by atoms with van der Waals surface area (Å²) in [7, 11) is 0. The molecule has 2 aliphatic rings. The first-order valence-electron chi connectivity index (χ1n) is 15.5. The summed E-state index contributed by atoms with van der Waals surface area (Å²) >= 11 is 0. The summed E-state index contributed by atoms with van der Waals surface area (Å²) in [6, 6.07) is 53.3. The molecule has 0 N–H and O–H groups in total. The minimum atomic E-state index is -0.142. The normalized spacial score (nSPS) is 15.1. The third-order valence-electron chi connectivity index (χ3n) is 9.83. The summed E-state index contributed by atoms with van der Waals surface area (Å²) in [6.45, 7) is 9.40. The molecular formula is C42H36N2. The van der Waals surface area contributed by atoms with Crippen LogP contribution in [0.25, 0.3) is 11.1 Å². The molecule has 44 heavy (non-hydrogen) atoms. The van der Waals surface area contributed by atoms with Crippen molar-refractivity contribution in [1.82, 2.24) is 0 Å². The Bertz CT molecular complexity index is 2020. The van der Waals surface area contributed by atoms with Crippen molar-refractivity contribution >= 4 is 34.1 Å². The van der Waals surface area contributed by atoms with Crippen LogP contribution in [0, 0.1) is 0 Å². The van der Waals surface area contributed by atoms with Crippen LogP contribution in [0.15, 0.2) is 146 Å². The van der Waals surface area contributed by atoms with E-state index in [4.69, 9.17) is 0 Å². The van der Waals surface area contributed by atoms with E-state index in [9.17, 15) is 0 Å². The summed E-state index contributed by atoms with van der Waals surface area (Å²) in [6.07, 6.45) is 0. The first kappa shape index (κ1) is 26.5. The van der Waals surface area contributed by atoms with Gasteiger partial charge in [-0.1, -0.05) is 119 Å². The molecule has 1 aliphatic heterocycles. The average molecular weight is 569 g/mol. The van der Waals surface area contributed by atoms with Crippen molar-refractivity contribution in [3.05, 3.63) is 168 Å². The van der Waals surface area contributed by atoms with Gasteiger partial charge in [-0.15, -0.1) is 0 Å². The Morgan fingerprint density at radius 3 is 1.73 bits per heavy atom. The largest absolute Gasteiger partial charge is 0.310 e. The number of anilines is 6. The van der Waals surface area contributed by atoms with Crippen molar-refractivity contribution < 1.29 is 0 Å². The lowest BCUT2D eigenvalue weighted by atomic mass is 9.73. The topological polar surface area (TPSA) is 6.48 Å². The van der Waals surface area contributed by atoms with Crippen molar-refractivity contribution in [3.8, 4) is 11.1 Å². The number of hydrogen-bond donors (Lipinski definition) is 0. The molecule has 1 heterocycles. The summed E-state index contributed by atoms with van der Waals surface area (Å²) in [5.74, 6) is 0. The van der Waals surface area contributed by atoms with E-state index < -0.39 is 0 Å². The molecule has 0 bridgehead atoms. The van der Waals surface area contributed by atoms with E-state index in [1.165, 1.54) is 44.8 Å². The lowest BCUT2D eigenvalue weighted by Gasteiger charge is -2.42. The number of para-hydroxylation sites is 3. The number of benzene rings is 6. The third kappa shape index (κ3) is 3.87. The lowest BCUT2D eigenvalue weighted by Crippen LogP contribution is -2.30. The lowest BCUT2D eigenvalue weighted by molar-refractivity contribution is 0.632. The monoisotopic (exact) mass is 568 g/mol. The Balaban J connectivity index is 1.34. The summed E-state index contributed by atoms with van der Waals surface area (Å²) < 4.78 is 0. The van der Waals surface area contributed by atoms with Crippen molar-refractivity contribution in [3.63, 3.8) is 0 Å². The summed E-state index contributed by atoms with van der Waals surface area (Å²) in [5, 5.41) is 0. The van der Waals surface area contributed by atoms with Gasteiger partial charge in [0.25, 0.3) is 0 Å². The van der Waals surface area contributed by atoms with E-state index in [0.717, 1.165) is 22.7 Å². The molecule has 0 spiro atoms. The van der Waals surface area contributed by atoms with Crippen molar-refractivity contribution in [1.29, 1.82) is 0 Å². The molecule has 0 saturated carbocycles. The first-order valence-corrected chi connectivity index (χ1v) is 15.5. The molecule has 0 fully saturated rings. The molecule has 214 valence electrons. The molecule has 0 unspecified atom stereocenters. The van der Waals surface area contributed by atoms with Crippen LogP contribution < -0.4 is 9.80 Å². The maximum atomic E-state index is 2.44.